The Morgan fingerprint density at radius 1 is 0.846 bits per heavy atom. The first-order valence-electron chi connectivity index (χ1n) is 8.43. The summed E-state index contributed by atoms with van der Waals surface area (Å²) in [6.45, 7) is 6.04. The number of anilines is 1. The van der Waals surface area contributed by atoms with Crippen LogP contribution in [0.15, 0.2) is 42.5 Å². The van der Waals surface area contributed by atoms with Gasteiger partial charge >= 0.3 is 0 Å². The van der Waals surface area contributed by atoms with Crippen LogP contribution in [0.1, 0.15) is 38.8 Å². The minimum absolute atomic E-state index is 0.156. The van der Waals surface area contributed by atoms with Gasteiger partial charge in [-0.05, 0) is 51.1 Å². The lowest BCUT2D eigenvalue weighted by Gasteiger charge is -2.09. The van der Waals surface area contributed by atoms with E-state index in [9.17, 15) is 14.4 Å². The van der Waals surface area contributed by atoms with Gasteiger partial charge in [-0.15, -0.1) is 0 Å². The number of carbonyl (C=O) groups is 3. The number of rotatable bonds is 6. The standard InChI is InChI=1S/C20H23N3O3/c1-4-21-19(25)15-6-5-7-17(11-15)23-18(24)12-22-20(26)16-9-13(2)8-14(3)10-16/h5-11H,4,12H2,1-3H3,(H,21,25)(H,22,26)(H,23,24). The maximum atomic E-state index is 12.2. The lowest BCUT2D eigenvalue weighted by atomic mass is 10.1. The molecule has 0 atom stereocenters. The summed E-state index contributed by atoms with van der Waals surface area (Å²) >= 11 is 0. The number of carbonyl (C=O) groups excluding carboxylic acids is 3. The van der Waals surface area contributed by atoms with E-state index >= 15 is 0 Å². The Balaban J connectivity index is 1.93. The minimum Gasteiger partial charge on any atom is -0.352 e. The van der Waals surface area contributed by atoms with Crippen molar-refractivity contribution in [1.82, 2.24) is 10.6 Å². The monoisotopic (exact) mass is 353 g/mol. The van der Waals surface area contributed by atoms with Crippen molar-refractivity contribution in [1.29, 1.82) is 0 Å². The van der Waals surface area contributed by atoms with Crippen LogP contribution in [0.3, 0.4) is 0 Å². The highest BCUT2D eigenvalue weighted by Gasteiger charge is 2.10. The molecule has 0 spiro atoms. The van der Waals surface area contributed by atoms with Gasteiger partial charge in [-0.3, -0.25) is 14.4 Å². The van der Waals surface area contributed by atoms with Gasteiger partial charge in [-0.2, -0.15) is 0 Å². The average molecular weight is 353 g/mol. The van der Waals surface area contributed by atoms with Crippen LogP contribution in [0.25, 0.3) is 0 Å². The largest absolute Gasteiger partial charge is 0.352 e. The van der Waals surface area contributed by atoms with Crippen molar-refractivity contribution in [2.24, 2.45) is 0 Å². The summed E-state index contributed by atoms with van der Waals surface area (Å²) in [5.74, 6) is -0.870. The van der Waals surface area contributed by atoms with E-state index in [-0.39, 0.29) is 24.3 Å². The Hall–Kier alpha value is -3.15. The van der Waals surface area contributed by atoms with Crippen molar-refractivity contribution in [3.63, 3.8) is 0 Å². The van der Waals surface area contributed by atoms with E-state index < -0.39 is 0 Å². The fourth-order valence-corrected chi connectivity index (χ4v) is 2.57. The summed E-state index contributed by atoms with van der Waals surface area (Å²) in [6.07, 6.45) is 0. The molecule has 2 aromatic rings. The number of amides is 3. The second kappa shape index (κ2) is 8.80. The molecule has 0 saturated heterocycles. The highest BCUT2D eigenvalue weighted by atomic mass is 16.2. The Kier molecular flexibility index (Phi) is 6.49. The first-order chi connectivity index (χ1) is 12.4. The molecule has 0 saturated carbocycles. The molecule has 0 aliphatic rings. The predicted octanol–water partition coefficient (Wildman–Crippen LogP) is 2.42. The van der Waals surface area contributed by atoms with E-state index in [2.05, 4.69) is 16.0 Å². The first kappa shape index (κ1) is 19.2. The molecule has 136 valence electrons. The molecule has 0 aliphatic carbocycles. The van der Waals surface area contributed by atoms with Gasteiger partial charge in [0.05, 0.1) is 6.54 Å². The lowest BCUT2D eigenvalue weighted by molar-refractivity contribution is -0.115. The van der Waals surface area contributed by atoms with E-state index in [4.69, 9.17) is 0 Å². The molecule has 0 unspecified atom stereocenters. The van der Waals surface area contributed by atoms with Crippen LogP contribution >= 0.6 is 0 Å². The molecule has 0 aliphatic heterocycles. The van der Waals surface area contributed by atoms with Crippen molar-refractivity contribution >= 4 is 23.4 Å². The Labute approximate surface area is 153 Å². The van der Waals surface area contributed by atoms with E-state index in [1.807, 2.05) is 26.8 Å². The van der Waals surface area contributed by atoms with Gasteiger partial charge in [0.25, 0.3) is 11.8 Å². The van der Waals surface area contributed by atoms with Crippen molar-refractivity contribution in [2.75, 3.05) is 18.4 Å². The Morgan fingerprint density at radius 3 is 2.15 bits per heavy atom. The van der Waals surface area contributed by atoms with Gasteiger partial charge in [-0.25, -0.2) is 0 Å². The Bertz CT molecular complexity index is 811. The van der Waals surface area contributed by atoms with E-state index in [1.165, 1.54) is 0 Å². The average Bonchev–Trinajstić information content (AvgIpc) is 2.59. The van der Waals surface area contributed by atoms with Gasteiger partial charge in [-0.1, -0.05) is 23.3 Å². The zero-order valence-corrected chi connectivity index (χ0v) is 15.2. The summed E-state index contributed by atoms with van der Waals surface area (Å²) in [6, 6.07) is 12.2. The molecule has 26 heavy (non-hydrogen) atoms. The van der Waals surface area contributed by atoms with Crippen LogP contribution < -0.4 is 16.0 Å². The second-order valence-electron chi connectivity index (χ2n) is 6.05. The maximum Gasteiger partial charge on any atom is 0.251 e. The highest BCUT2D eigenvalue weighted by Crippen LogP contribution is 2.11. The molecule has 0 bridgehead atoms. The number of nitrogens with one attached hydrogen (secondary N) is 3. The van der Waals surface area contributed by atoms with Crippen molar-refractivity contribution in [2.45, 2.75) is 20.8 Å². The van der Waals surface area contributed by atoms with Crippen LogP contribution in [0.5, 0.6) is 0 Å². The summed E-state index contributed by atoms with van der Waals surface area (Å²) in [5, 5.41) is 7.98. The molecular formula is C20H23N3O3. The summed E-state index contributed by atoms with van der Waals surface area (Å²) in [5.41, 5.74) is 3.46. The SMILES string of the molecule is CCNC(=O)c1cccc(NC(=O)CNC(=O)c2cc(C)cc(C)c2)c1. The number of hydrogen-bond donors (Lipinski definition) is 3. The smallest absolute Gasteiger partial charge is 0.251 e. The van der Waals surface area contributed by atoms with Crippen LogP contribution in [-0.2, 0) is 4.79 Å². The van der Waals surface area contributed by atoms with Crippen molar-refractivity contribution in [3.8, 4) is 0 Å². The topological polar surface area (TPSA) is 87.3 Å². The molecular weight excluding hydrogens is 330 g/mol. The summed E-state index contributed by atoms with van der Waals surface area (Å²) in [4.78, 5) is 36.1. The first-order valence-corrected chi connectivity index (χ1v) is 8.43. The fraction of sp³-hybridized carbons (Fsp3) is 0.250. The predicted molar refractivity (Wildman–Crippen MR) is 101 cm³/mol. The quantitative estimate of drug-likeness (QED) is 0.745. The van der Waals surface area contributed by atoms with E-state index in [1.54, 1.807) is 36.4 Å². The zero-order valence-electron chi connectivity index (χ0n) is 15.2. The number of benzene rings is 2. The van der Waals surface area contributed by atoms with Crippen molar-refractivity contribution in [3.05, 3.63) is 64.7 Å². The third kappa shape index (κ3) is 5.44. The second-order valence-corrected chi connectivity index (χ2v) is 6.05. The summed E-state index contributed by atoms with van der Waals surface area (Å²) < 4.78 is 0. The molecule has 6 nitrogen and oxygen atoms in total. The molecule has 0 fully saturated rings. The van der Waals surface area contributed by atoms with Crippen molar-refractivity contribution < 1.29 is 14.4 Å². The van der Waals surface area contributed by atoms with Gasteiger partial charge in [0.15, 0.2) is 0 Å². The van der Waals surface area contributed by atoms with Gasteiger partial charge < -0.3 is 16.0 Å². The molecule has 3 N–H and O–H groups in total. The van der Waals surface area contributed by atoms with Gasteiger partial charge in [0.1, 0.15) is 0 Å². The highest BCUT2D eigenvalue weighted by molar-refractivity contribution is 6.00. The van der Waals surface area contributed by atoms with E-state index in [0.29, 0.717) is 23.4 Å². The molecule has 0 heterocycles. The summed E-state index contributed by atoms with van der Waals surface area (Å²) in [7, 11) is 0. The third-order valence-electron chi connectivity index (χ3n) is 3.64. The molecule has 0 radical (unpaired) electrons. The van der Waals surface area contributed by atoms with Crippen LogP contribution in [0.4, 0.5) is 5.69 Å². The van der Waals surface area contributed by atoms with Crippen LogP contribution in [0, 0.1) is 13.8 Å². The lowest BCUT2D eigenvalue weighted by Crippen LogP contribution is -2.33. The zero-order chi connectivity index (χ0) is 19.1. The number of aryl methyl sites for hydroxylation is 2. The number of hydrogen-bond acceptors (Lipinski definition) is 3. The fourth-order valence-electron chi connectivity index (χ4n) is 2.57. The Morgan fingerprint density at radius 2 is 1.50 bits per heavy atom. The van der Waals surface area contributed by atoms with Crippen LogP contribution in [0.2, 0.25) is 0 Å². The molecule has 0 aromatic heterocycles. The minimum atomic E-state index is -0.365. The van der Waals surface area contributed by atoms with E-state index in [0.717, 1.165) is 11.1 Å². The molecule has 2 rings (SSSR count). The maximum absolute atomic E-state index is 12.2. The molecule has 3 amide bonds. The van der Waals surface area contributed by atoms with Crippen LogP contribution in [-0.4, -0.2) is 30.8 Å². The third-order valence-corrected chi connectivity index (χ3v) is 3.64. The van der Waals surface area contributed by atoms with Gasteiger partial charge in [0, 0.05) is 23.4 Å². The molecule has 2 aromatic carbocycles. The van der Waals surface area contributed by atoms with Gasteiger partial charge in [0.2, 0.25) is 5.91 Å². The normalized spacial score (nSPS) is 10.1. The molecule has 6 heteroatoms.